The van der Waals surface area contributed by atoms with Gasteiger partial charge in [0.1, 0.15) is 5.41 Å². The number of hydrogen-bond acceptors (Lipinski definition) is 3. The molecule has 18 heavy (non-hydrogen) atoms. The molecule has 0 bridgehead atoms. The Morgan fingerprint density at radius 1 is 1.39 bits per heavy atom. The molecule has 0 radical (unpaired) electrons. The summed E-state index contributed by atoms with van der Waals surface area (Å²) in [4.78, 5) is 36.5. The Labute approximate surface area is 128 Å². The average molecular weight is 260 g/mol. The van der Waals surface area contributed by atoms with E-state index in [-0.39, 0.29) is 35.5 Å². The summed E-state index contributed by atoms with van der Waals surface area (Å²) in [7, 11) is 1.40. The van der Waals surface area contributed by atoms with Crippen molar-refractivity contribution in [1.82, 2.24) is 10.2 Å². The van der Waals surface area contributed by atoms with Crippen molar-refractivity contribution in [3.63, 3.8) is 0 Å². The van der Waals surface area contributed by atoms with E-state index < -0.39 is 23.3 Å². The third kappa shape index (κ3) is 2.27. The molecule has 1 saturated heterocycles. The van der Waals surface area contributed by atoms with Gasteiger partial charge in [-0.05, 0) is 32.1 Å². The number of hydrogen-bond donors (Lipinski definition) is 1. The standard InChI is InChI=1S/C12H16N2O3.Na.H/c1-12(8-6-4-3-5-7-8)9(15)13-11(17)14(2)10(12)16;;/h4,6,8H,3,5,7H2,1-2H3,(H,13,15,17);;. The molecule has 2 unspecified atom stereocenters. The van der Waals surface area contributed by atoms with E-state index in [1.807, 2.05) is 12.2 Å². The van der Waals surface area contributed by atoms with Crippen LogP contribution in [-0.2, 0) is 9.59 Å². The van der Waals surface area contributed by atoms with Crippen molar-refractivity contribution in [1.29, 1.82) is 0 Å². The maximum atomic E-state index is 12.2. The van der Waals surface area contributed by atoms with E-state index in [9.17, 15) is 14.4 Å². The van der Waals surface area contributed by atoms with Crippen LogP contribution in [0.4, 0.5) is 4.79 Å². The Bertz CT molecular complexity index is 422. The van der Waals surface area contributed by atoms with E-state index in [0.717, 1.165) is 24.2 Å². The van der Waals surface area contributed by atoms with Crippen LogP contribution in [0.1, 0.15) is 26.2 Å². The molecule has 1 N–H and O–H groups in total. The Morgan fingerprint density at radius 3 is 2.61 bits per heavy atom. The fourth-order valence-corrected chi connectivity index (χ4v) is 2.47. The van der Waals surface area contributed by atoms with Crippen LogP contribution in [0.2, 0.25) is 0 Å². The first-order valence-electron chi connectivity index (χ1n) is 5.78. The molecule has 1 aliphatic heterocycles. The summed E-state index contributed by atoms with van der Waals surface area (Å²) in [6, 6.07) is -0.641. The monoisotopic (exact) mass is 260 g/mol. The van der Waals surface area contributed by atoms with Crippen molar-refractivity contribution in [2.75, 3.05) is 7.05 Å². The van der Waals surface area contributed by atoms with E-state index in [0.29, 0.717) is 0 Å². The minimum absolute atomic E-state index is 0. The molecule has 2 aliphatic rings. The summed E-state index contributed by atoms with van der Waals surface area (Å²) in [5.41, 5.74) is -1.15. The third-order valence-corrected chi connectivity index (χ3v) is 3.74. The SMILES string of the molecule is CN1C(=O)NC(=O)C(C)(C2C=CCCC2)C1=O.[NaH]. The number of carbonyl (C=O) groups excluding carboxylic acids is 3. The number of urea groups is 1. The van der Waals surface area contributed by atoms with Crippen molar-refractivity contribution in [2.45, 2.75) is 26.2 Å². The van der Waals surface area contributed by atoms with Gasteiger partial charge in [0.15, 0.2) is 0 Å². The minimum atomic E-state index is -1.15. The molecule has 2 rings (SSSR count). The first-order valence-corrected chi connectivity index (χ1v) is 5.78. The van der Waals surface area contributed by atoms with Crippen molar-refractivity contribution < 1.29 is 14.4 Å². The number of carbonyl (C=O) groups is 3. The van der Waals surface area contributed by atoms with Crippen LogP contribution >= 0.6 is 0 Å². The van der Waals surface area contributed by atoms with Gasteiger partial charge in [-0.1, -0.05) is 12.2 Å². The summed E-state index contributed by atoms with van der Waals surface area (Å²) < 4.78 is 0. The Morgan fingerprint density at radius 2 is 2.06 bits per heavy atom. The van der Waals surface area contributed by atoms with Gasteiger partial charge in [0, 0.05) is 7.05 Å². The van der Waals surface area contributed by atoms with E-state index in [4.69, 9.17) is 0 Å². The summed E-state index contributed by atoms with van der Waals surface area (Å²) in [6.45, 7) is 1.62. The molecule has 2 atom stereocenters. The fraction of sp³-hybridized carbons (Fsp3) is 0.583. The van der Waals surface area contributed by atoms with Gasteiger partial charge in [-0.2, -0.15) is 0 Å². The van der Waals surface area contributed by atoms with Crippen LogP contribution in [0.25, 0.3) is 0 Å². The number of rotatable bonds is 1. The maximum absolute atomic E-state index is 12.2. The average Bonchev–Trinajstić information content (AvgIpc) is 2.35. The van der Waals surface area contributed by atoms with Gasteiger partial charge in [0.25, 0.3) is 0 Å². The van der Waals surface area contributed by atoms with Crippen LogP contribution in [-0.4, -0.2) is 59.4 Å². The van der Waals surface area contributed by atoms with Crippen LogP contribution in [0.3, 0.4) is 0 Å². The fourth-order valence-electron chi connectivity index (χ4n) is 2.47. The number of nitrogens with one attached hydrogen (secondary N) is 1. The molecule has 6 heteroatoms. The predicted molar refractivity (Wildman–Crippen MR) is 68.0 cm³/mol. The number of imide groups is 2. The molecular weight excluding hydrogens is 243 g/mol. The predicted octanol–water partition coefficient (Wildman–Crippen LogP) is 0.409. The molecule has 0 aromatic rings. The Kier molecular flexibility index (Phi) is 4.75. The quantitative estimate of drug-likeness (QED) is 0.422. The summed E-state index contributed by atoms with van der Waals surface area (Å²) in [5.74, 6) is -1.02. The van der Waals surface area contributed by atoms with Crippen molar-refractivity contribution in [2.24, 2.45) is 11.3 Å². The Hall–Kier alpha value is -0.650. The molecule has 1 aliphatic carbocycles. The normalized spacial score (nSPS) is 32.0. The number of nitrogens with zero attached hydrogens (tertiary/aromatic N) is 1. The zero-order valence-electron chi connectivity index (χ0n) is 10.0. The third-order valence-electron chi connectivity index (χ3n) is 3.74. The van der Waals surface area contributed by atoms with Gasteiger partial charge in [-0.15, -0.1) is 0 Å². The van der Waals surface area contributed by atoms with E-state index in [1.165, 1.54) is 7.05 Å². The molecule has 1 heterocycles. The van der Waals surface area contributed by atoms with Crippen LogP contribution < -0.4 is 5.32 Å². The topological polar surface area (TPSA) is 66.5 Å². The summed E-state index contributed by atoms with van der Waals surface area (Å²) in [6.07, 6.45) is 6.67. The molecule has 94 valence electrons. The van der Waals surface area contributed by atoms with Gasteiger partial charge >= 0.3 is 35.6 Å². The number of barbiturate groups is 1. The summed E-state index contributed by atoms with van der Waals surface area (Å²) in [5, 5.41) is 2.24. The van der Waals surface area contributed by atoms with Gasteiger partial charge in [0.2, 0.25) is 11.8 Å². The number of amides is 4. The summed E-state index contributed by atoms with van der Waals surface area (Å²) >= 11 is 0. The van der Waals surface area contributed by atoms with Gasteiger partial charge < -0.3 is 0 Å². The van der Waals surface area contributed by atoms with Gasteiger partial charge in [-0.25, -0.2) is 4.79 Å². The molecule has 0 aromatic heterocycles. The van der Waals surface area contributed by atoms with Gasteiger partial charge in [0.05, 0.1) is 0 Å². The van der Waals surface area contributed by atoms with Crippen LogP contribution in [0, 0.1) is 11.3 Å². The molecular formula is C12H17N2NaO3. The molecule has 1 fully saturated rings. The first kappa shape index (κ1) is 15.4. The van der Waals surface area contributed by atoms with Crippen LogP contribution in [0.15, 0.2) is 12.2 Å². The van der Waals surface area contributed by atoms with E-state index in [1.54, 1.807) is 6.92 Å². The first-order chi connectivity index (χ1) is 7.98. The second kappa shape index (κ2) is 5.55. The van der Waals surface area contributed by atoms with Crippen molar-refractivity contribution in [3.05, 3.63) is 12.2 Å². The molecule has 5 nitrogen and oxygen atoms in total. The number of allylic oxidation sites excluding steroid dienone is 2. The molecule has 0 spiro atoms. The Balaban J connectivity index is 0.00000162. The van der Waals surface area contributed by atoms with Crippen molar-refractivity contribution in [3.8, 4) is 0 Å². The van der Waals surface area contributed by atoms with Crippen LogP contribution in [0.5, 0.6) is 0 Å². The van der Waals surface area contributed by atoms with E-state index in [2.05, 4.69) is 5.32 Å². The second-order valence-electron chi connectivity index (χ2n) is 4.79. The second-order valence-corrected chi connectivity index (χ2v) is 4.79. The zero-order chi connectivity index (χ0) is 12.6. The van der Waals surface area contributed by atoms with Crippen molar-refractivity contribution >= 4 is 47.4 Å². The van der Waals surface area contributed by atoms with E-state index >= 15 is 0 Å². The molecule has 4 amide bonds. The molecule has 0 aromatic carbocycles. The zero-order valence-corrected chi connectivity index (χ0v) is 10.0. The van der Waals surface area contributed by atoms with Gasteiger partial charge in [-0.3, -0.25) is 19.8 Å². The molecule has 0 saturated carbocycles.